The summed E-state index contributed by atoms with van der Waals surface area (Å²) in [6, 6.07) is 37.2. The second-order valence-corrected chi connectivity index (χ2v) is 10.0. The van der Waals surface area contributed by atoms with Crippen molar-refractivity contribution in [2.45, 2.75) is 52.3 Å². The lowest BCUT2D eigenvalue weighted by Gasteiger charge is -2.14. The molecule has 198 valence electrons. The van der Waals surface area contributed by atoms with Gasteiger partial charge in [0.2, 0.25) is 6.71 Å². The Morgan fingerprint density at radius 3 is 1.87 bits per heavy atom. The average Bonchev–Trinajstić information content (AvgIpc) is 3.41. The smallest absolute Gasteiger partial charge is 0.209 e. The van der Waals surface area contributed by atoms with Gasteiger partial charge in [0.1, 0.15) is 11.6 Å². The Hall–Kier alpha value is -3.92. The van der Waals surface area contributed by atoms with Gasteiger partial charge in [-0.15, -0.1) is 0 Å². The molecule has 1 heterocycles. The average molecular weight is 517 g/mol. The van der Waals surface area contributed by atoms with Crippen LogP contribution in [0.5, 0.6) is 0 Å². The van der Waals surface area contributed by atoms with Crippen molar-refractivity contribution in [2.24, 2.45) is 0 Å². The zero-order valence-corrected chi connectivity index (χ0v) is 23.1. The third kappa shape index (κ3) is 8.82. The molecule has 0 fully saturated rings. The number of aromatic amines is 1. The van der Waals surface area contributed by atoms with Crippen LogP contribution in [-0.2, 0) is 19.3 Å². The van der Waals surface area contributed by atoms with Gasteiger partial charge in [0.25, 0.3) is 0 Å². The Kier molecular flexibility index (Phi) is 10.7. The Morgan fingerprint density at radius 1 is 0.692 bits per heavy atom. The quantitative estimate of drug-likeness (QED) is 0.193. The number of nitrogens with zero attached hydrogens (tertiary/aromatic N) is 1. The molecule has 0 saturated carbocycles. The highest BCUT2D eigenvalue weighted by atomic mass is 19.1. The van der Waals surface area contributed by atoms with Crippen LogP contribution in [0.25, 0.3) is 0 Å². The van der Waals surface area contributed by atoms with Crippen LogP contribution < -0.4 is 10.9 Å². The molecular formula is C35H38BFN2. The molecule has 4 heteroatoms. The van der Waals surface area contributed by atoms with Gasteiger partial charge < -0.3 is 4.98 Å². The van der Waals surface area contributed by atoms with Crippen molar-refractivity contribution >= 4 is 17.6 Å². The van der Waals surface area contributed by atoms with Crippen LogP contribution in [0.15, 0.2) is 115 Å². The number of hydrogen-bond donors (Lipinski definition) is 1. The van der Waals surface area contributed by atoms with E-state index in [0.29, 0.717) is 13.1 Å². The summed E-state index contributed by atoms with van der Waals surface area (Å²) in [5, 5.41) is 0. The minimum Gasteiger partial charge on any atom is -0.345 e. The molecule has 5 aromatic rings. The van der Waals surface area contributed by atoms with E-state index in [1.165, 1.54) is 35.7 Å². The van der Waals surface area contributed by atoms with Crippen LogP contribution in [0.3, 0.4) is 0 Å². The number of nitrogens with one attached hydrogen (secondary N) is 1. The standard InChI is InChI=1S/C19H19FN2.C16H19B/c1-2-14-8-16(10-17(20)9-14)12-19-21-13-18(22-19)11-15-6-4-3-5-7-15;1-2-3-14-17(15-10-6-4-7-11-15)16-12-8-5-9-13-16/h3-10,13H,2,11-12H2,1H3,(H,21,22);4-13H,2-3,14H2,1H3. The summed E-state index contributed by atoms with van der Waals surface area (Å²) in [6.45, 7) is 4.84. The Labute approximate surface area is 233 Å². The van der Waals surface area contributed by atoms with Crippen molar-refractivity contribution in [1.82, 2.24) is 9.97 Å². The number of rotatable bonds is 10. The summed E-state index contributed by atoms with van der Waals surface area (Å²) in [7, 11) is 0. The van der Waals surface area contributed by atoms with Crippen molar-refractivity contribution in [1.29, 1.82) is 0 Å². The maximum atomic E-state index is 13.6. The number of halogens is 1. The first-order valence-corrected chi connectivity index (χ1v) is 14.1. The Balaban J connectivity index is 0.000000187. The molecule has 0 aliphatic rings. The van der Waals surface area contributed by atoms with E-state index >= 15 is 0 Å². The molecular weight excluding hydrogens is 478 g/mol. The monoisotopic (exact) mass is 516 g/mol. The van der Waals surface area contributed by atoms with Gasteiger partial charge in [0, 0.05) is 24.7 Å². The maximum Gasteiger partial charge on any atom is 0.209 e. The van der Waals surface area contributed by atoms with E-state index in [-0.39, 0.29) is 5.82 Å². The van der Waals surface area contributed by atoms with Crippen molar-refractivity contribution < 1.29 is 4.39 Å². The van der Waals surface area contributed by atoms with Gasteiger partial charge in [-0.05, 0) is 35.2 Å². The molecule has 4 aromatic carbocycles. The second-order valence-electron chi connectivity index (χ2n) is 10.0. The lowest BCUT2D eigenvalue weighted by atomic mass is 9.38. The van der Waals surface area contributed by atoms with E-state index in [1.807, 2.05) is 37.4 Å². The van der Waals surface area contributed by atoms with Crippen LogP contribution in [0.1, 0.15) is 54.9 Å². The number of H-pyrrole nitrogens is 1. The van der Waals surface area contributed by atoms with Crippen LogP contribution in [0.2, 0.25) is 6.32 Å². The minimum absolute atomic E-state index is 0.176. The molecule has 0 bridgehead atoms. The third-order valence-electron chi connectivity index (χ3n) is 6.97. The molecule has 0 spiro atoms. The summed E-state index contributed by atoms with van der Waals surface area (Å²) < 4.78 is 13.6. The van der Waals surface area contributed by atoms with Gasteiger partial charge >= 0.3 is 0 Å². The predicted molar refractivity (Wildman–Crippen MR) is 164 cm³/mol. The summed E-state index contributed by atoms with van der Waals surface area (Å²) in [5.41, 5.74) is 7.17. The zero-order valence-electron chi connectivity index (χ0n) is 23.1. The maximum absolute atomic E-state index is 13.6. The zero-order chi connectivity index (χ0) is 27.3. The van der Waals surface area contributed by atoms with Crippen LogP contribution in [-0.4, -0.2) is 16.7 Å². The number of benzene rings is 4. The van der Waals surface area contributed by atoms with Crippen LogP contribution in [0, 0.1) is 5.82 Å². The molecule has 0 aliphatic heterocycles. The Bertz CT molecular complexity index is 1340. The SMILES string of the molecule is CCCCB(c1ccccc1)c1ccccc1.CCc1cc(F)cc(Cc2ncc(Cc3ccccc3)[nH]2)c1. The molecule has 0 aliphatic carbocycles. The van der Waals surface area contributed by atoms with E-state index in [1.54, 1.807) is 12.1 Å². The molecule has 0 unspecified atom stereocenters. The van der Waals surface area contributed by atoms with Gasteiger partial charge in [-0.3, -0.25) is 0 Å². The van der Waals surface area contributed by atoms with Crippen LogP contribution >= 0.6 is 0 Å². The van der Waals surface area contributed by atoms with E-state index in [4.69, 9.17) is 0 Å². The van der Waals surface area contributed by atoms with Crippen molar-refractivity contribution in [3.63, 3.8) is 0 Å². The van der Waals surface area contributed by atoms with Crippen molar-refractivity contribution in [3.05, 3.63) is 149 Å². The van der Waals surface area contributed by atoms with E-state index in [9.17, 15) is 4.39 Å². The fourth-order valence-corrected chi connectivity index (χ4v) is 4.92. The van der Waals surface area contributed by atoms with Gasteiger partial charge in [-0.1, -0.05) is 141 Å². The van der Waals surface area contributed by atoms with Gasteiger partial charge in [-0.25, -0.2) is 9.37 Å². The fourth-order valence-electron chi connectivity index (χ4n) is 4.92. The number of aryl methyl sites for hydroxylation is 1. The fraction of sp³-hybridized carbons (Fsp3) is 0.229. The molecule has 39 heavy (non-hydrogen) atoms. The second kappa shape index (κ2) is 14.9. The molecule has 2 nitrogen and oxygen atoms in total. The summed E-state index contributed by atoms with van der Waals surface area (Å²) in [6.07, 6.45) is 7.94. The first kappa shape index (κ1) is 28.1. The van der Waals surface area contributed by atoms with E-state index < -0.39 is 0 Å². The number of aromatic nitrogens is 2. The number of unbranched alkanes of at least 4 members (excludes halogenated alkanes) is 1. The van der Waals surface area contributed by atoms with Gasteiger partial charge in [-0.2, -0.15) is 0 Å². The first-order chi connectivity index (χ1) is 19.1. The summed E-state index contributed by atoms with van der Waals surface area (Å²) >= 11 is 0. The normalized spacial score (nSPS) is 10.5. The van der Waals surface area contributed by atoms with E-state index in [2.05, 4.69) is 89.7 Å². The predicted octanol–water partition coefficient (Wildman–Crippen LogP) is 7.39. The molecule has 5 rings (SSSR count). The summed E-state index contributed by atoms with van der Waals surface area (Å²) in [4.78, 5) is 7.75. The number of hydrogen-bond acceptors (Lipinski definition) is 1. The first-order valence-electron chi connectivity index (χ1n) is 14.1. The summed E-state index contributed by atoms with van der Waals surface area (Å²) in [5.74, 6) is 0.698. The van der Waals surface area contributed by atoms with Crippen LogP contribution in [0.4, 0.5) is 4.39 Å². The number of imidazole rings is 1. The highest BCUT2D eigenvalue weighted by molar-refractivity contribution is 6.85. The van der Waals surface area contributed by atoms with E-state index in [0.717, 1.165) is 35.5 Å². The molecule has 0 radical (unpaired) electrons. The lowest BCUT2D eigenvalue weighted by Crippen LogP contribution is -2.41. The molecule has 0 atom stereocenters. The minimum atomic E-state index is -0.176. The molecule has 0 amide bonds. The lowest BCUT2D eigenvalue weighted by molar-refractivity contribution is 0.623. The molecule has 1 aromatic heterocycles. The third-order valence-corrected chi connectivity index (χ3v) is 6.97. The Morgan fingerprint density at radius 2 is 1.28 bits per heavy atom. The molecule has 0 saturated heterocycles. The highest BCUT2D eigenvalue weighted by Crippen LogP contribution is 2.14. The van der Waals surface area contributed by atoms with Gasteiger partial charge in [0.15, 0.2) is 0 Å². The largest absolute Gasteiger partial charge is 0.345 e. The van der Waals surface area contributed by atoms with Gasteiger partial charge in [0.05, 0.1) is 0 Å². The van der Waals surface area contributed by atoms with Crippen molar-refractivity contribution in [3.8, 4) is 0 Å². The molecule has 1 N–H and O–H groups in total. The highest BCUT2D eigenvalue weighted by Gasteiger charge is 2.17. The topological polar surface area (TPSA) is 28.7 Å². The van der Waals surface area contributed by atoms with Crippen molar-refractivity contribution in [2.75, 3.05) is 0 Å².